The van der Waals surface area contributed by atoms with Gasteiger partial charge in [0.15, 0.2) is 0 Å². The number of nitriles is 1. The number of aryl methyl sites for hydroxylation is 1. The van der Waals surface area contributed by atoms with Gasteiger partial charge in [0.2, 0.25) is 0 Å². The molecule has 0 aliphatic carbocycles. The molecule has 0 bridgehead atoms. The van der Waals surface area contributed by atoms with Crippen molar-refractivity contribution in [3.8, 4) is 6.07 Å². The number of benzene rings is 1. The zero-order chi connectivity index (χ0) is 9.84. The molecule has 0 atom stereocenters. The fraction of sp³-hybridized carbons (Fsp3) is 0.222. The van der Waals surface area contributed by atoms with E-state index in [1.807, 2.05) is 6.07 Å². The molecule has 0 fully saturated rings. The first-order valence-corrected chi connectivity index (χ1v) is 3.76. The Kier molecular flexibility index (Phi) is 2.60. The molecule has 0 heterocycles. The Morgan fingerprint density at radius 2 is 2.31 bits per heavy atom. The van der Waals surface area contributed by atoms with Gasteiger partial charge in [0.1, 0.15) is 0 Å². The van der Waals surface area contributed by atoms with Crippen molar-refractivity contribution >= 4 is 5.69 Å². The van der Waals surface area contributed by atoms with Crippen LogP contribution in [-0.4, -0.2) is 4.92 Å². The second-order valence-electron chi connectivity index (χ2n) is 2.67. The van der Waals surface area contributed by atoms with Crippen molar-refractivity contribution in [1.29, 1.82) is 5.26 Å². The smallest absolute Gasteiger partial charge is 0.258 e. The Morgan fingerprint density at radius 3 is 2.85 bits per heavy atom. The molecule has 13 heavy (non-hydrogen) atoms. The maximum Gasteiger partial charge on any atom is 0.276 e. The molecule has 1 aromatic carbocycles. The van der Waals surface area contributed by atoms with Gasteiger partial charge in [0.05, 0.1) is 17.4 Å². The number of hydrogen-bond donors (Lipinski definition) is 0. The Morgan fingerprint density at radius 1 is 1.62 bits per heavy atom. The minimum Gasteiger partial charge on any atom is -0.258 e. The van der Waals surface area contributed by atoms with E-state index in [0.717, 1.165) is 0 Å². The molecule has 0 saturated heterocycles. The molecular weight excluding hydrogens is 168 g/mol. The van der Waals surface area contributed by atoms with Crippen molar-refractivity contribution in [2.24, 2.45) is 0 Å². The average molecular weight is 176 g/mol. The summed E-state index contributed by atoms with van der Waals surface area (Å²) in [6.45, 7) is 1.67. The average Bonchev–Trinajstić information content (AvgIpc) is 2.04. The molecule has 0 N–H and O–H groups in total. The summed E-state index contributed by atoms with van der Waals surface area (Å²) in [6.07, 6.45) is 0.0813. The highest BCUT2D eigenvalue weighted by atomic mass is 16.6. The van der Waals surface area contributed by atoms with Crippen LogP contribution < -0.4 is 0 Å². The van der Waals surface area contributed by atoms with Gasteiger partial charge >= 0.3 is 0 Å². The summed E-state index contributed by atoms with van der Waals surface area (Å²) >= 11 is 0. The first-order valence-electron chi connectivity index (χ1n) is 3.76. The first kappa shape index (κ1) is 9.20. The molecule has 0 spiro atoms. The molecule has 4 heteroatoms. The highest BCUT2D eigenvalue weighted by Gasteiger charge is 2.15. The van der Waals surface area contributed by atoms with Gasteiger partial charge in [-0.2, -0.15) is 5.26 Å². The molecule has 0 aliphatic heterocycles. The van der Waals surface area contributed by atoms with Gasteiger partial charge < -0.3 is 0 Å². The van der Waals surface area contributed by atoms with Crippen LogP contribution in [0, 0.1) is 28.4 Å². The van der Waals surface area contributed by atoms with E-state index < -0.39 is 4.92 Å². The number of hydrogen-bond acceptors (Lipinski definition) is 3. The quantitative estimate of drug-likeness (QED) is 0.511. The van der Waals surface area contributed by atoms with Crippen LogP contribution in [0.4, 0.5) is 5.69 Å². The van der Waals surface area contributed by atoms with E-state index in [-0.39, 0.29) is 12.1 Å². The lowest BCUT2D eigenvalue weighted by Crippen LogP contribution is -1.97. The number of rotatable bonds is 2. The molecule has 0 aromatic heterocycles. The molecule has 4 nitrogen and oxygen atoms in total. The van der Waals surface area contributed by atoms with E-state index in [1.54, 1.807) is 25.1 Å². The van der Waals surface area contributed by atoms with Crippen LogP contribution in [0.2, 0.25) is 0 Å². The summed E-state index contributed by atoms with van der Waals surface area (Å²) in [7, 11) is 0. The van der Waals surface area contributed by atoms with Gasteiger partial charge in [-0.05, 0) is 6.92 Å². The number of nitro groups is 1. The maximum absolute atomic E-state index is 10.6. The lowest BCUT2D eigenvalue weighted by Gasteiger charge is -2.00. The predicted molar refractivity (Wildman–Crippen MR) is 47.2 cm³/mol. The van der Waals surface area contributed by atoms with Crippen molar-refractivity contribution in [3.63, 3.8) is 0 Å². The van der Waals surface area contributed by atoms with Crippen molar-refractivity contribution in [2.75, 3.05) is 0 Å². The van der Waals surface area contributed by atoms with Crippen molar-refractivity contribution in [3.05, 3.63) is 39.4 Å². The third-order valence-electron chi connectivity index (χ3n) is 1.77. The molecule has 1 aromatic rings. The maximum atomic E-state index is 10.6. The zero-order valence-electron chi connectivity index (χ0n) is 7.15. The largest absolute Gasteiger partial charge is 0.276 e. The molecule has 66 valence electrons. The second kappa shape index (κ2) is 3.68. The fourth-order valence-electron chi connectivity index (χ4n) is 1.21. The normalized spacial score (nSPS) is 9.23. The molecule has 1 rings (SSSR count). The fourth-order valence-corrected chi connectivity index (χ4v) is 1.21. The summed E-state index contributed by atoms with van der Waals surface area (Å²) < 4.78 is 0. The lowest BCUT2D eigenvalue weighted by molar-refractivity contribution is -0.386. The lowest BCUT2D eigenvalue weighted by atomic mass is 10.1. The van der Waals surface area contributed by atoms with Crippen LogP contribution >= 0.6 is 0 Å². The van der Waals surface area contributed by atoms with E-state index in [2.05, 4.69) is 0 Å². The highest BCUT2D eigenvalue weighted by molar-refractivity contribution is 5.48. The number of nitrogens with zero attached hydrogens (tertiary/aromatic N) is 2. The van der Waals surface area contributed by atoms with Crippen LogP contribution in [-0.2, 0) is 6.42 Å². The van der Waals surface area contributed by atoms with E-state index in [4.69, 9.17) is 5.26 Å². The van der Waals surface area contributed by atoms with Crippen LogP contribution in [0.3, 0.4) is 0 Å². The van der Waals surface area contributed by atoms with Crippen LogP contribution in [0.15, 0.2) is 18.2 Å². The Hall–Kier alpha value is -1.89. The highest BCUT2D eigenvalue weighted by Crippen LogP contribution is 2.22. The Bertz CT molecular complexity index is 380. The van der Waals surface area contributed by atoms with Gasteiger partial charge in [-0.3, -0.25) is 10.1 Å². The van der Waals surface area contributed by atoms with Gasteiger partial charge in [-0.1, -0.05) is 18.2 Å². The monoisotopic (exact) mass is 176 g/mol. The van der Waals surface area contributed by atoms with E-state index in [0.29, 0.717) is 11.1 Å². The Labute approximate surface area is 75.6 Å². The van der Waals surface area contributed by atoms with E-state index >= 15 is 0 Å². The molecule has 0 saturated carbocycles. The third kappa shape index (κ3) is 1.82. The minimum absolute atomic E-state index is 0.0593. The minimum atomic E-state index is -0.442. The summed E-state index contributed by atoms with van der Waals surface area (Å²) in [5, 5.41) is 19.1. The molecule has 0 unspecified atom stereocenters. The van der Waals surface area contributed by atoms with E-state index in [9.17, 15) is 10.1 Å². The topological polar surface area (TPSA) is 66.9 Å². The van der Waals surface area contributed by atoms with Crippen LogP contribution in [0.1, 0.15) is 11.1 Å². The van der Waals surface area contributed by atoms with Gasteiger partial charge in [0.25, 0.3) is 5.69 Å². The number of para-hydroxylation sites is 1. The van der Waals surface area contributed by atoms with Crippen molar-refractivity contribution in [1.82, 2.24) is 0 Å². The summed E-state index contributed by atoms with van der Waals surface area (Å²) in [5.41, 5.74) is 1.13. The van der Waals surface area contributed by atoms with Crippen molar-refractivity contribution in [2.45, 2.75) is 13.3 Å². The number of nitro benzene ring substituents is 1. The Balaban J connectivity index is 3.27. The molecular formula is C9H8N2O2. The van der Waals surface area contributed by atoms with Crippen LogP contribution in [0.25, 0.3) is 0 Å². The van der Waals surface area contributed by atoms with Gasteiger partial charge in [-0.15, -0.1) is 0 Å². The SMILES string of the molecule is Cc1cccc(CC#N)c1[N+](=O)[O-]. The third-order valence-corrected chi connectivity index (χ3v) is 1.77. The van der Waals surface area contributed by atoms with E-state index in [1.165, 1.54) is 0 Å². The first-order chi connectivity index (χ1) is 6.16. The summed E-state index contributed by atoms with van der Waals surface area (Å²) in [5.74, 6) is 0. The van der Waals surface area contributed by atoms with Crippen molar-refractivity contribution < 1.29 is 4.92 Å². The zero-order valence-corrected chi connectivity index (χ0v) is 7.15. The standard InChI is InChI=1S/C9H8N2O2/c1-7-3-2-4-8(5-6-10)9(7)11(12)13/h2-4H,5H2,1H3. The molecule has 0 aliphatic rings. The van der Waals surface area contributed by atoms with Gasteiger partial charge in [-0.25, -0.2) is 0 Å². The second-order valence-corrected chi connectivity index (χ2v) is 2.67. The van der Waals surface area contributed by atoms with Crippen LogP contribution in [0.5, 0.6) is 0 Å². The molecule has 0 amide bonds. The molecule has 0 radical (unpaired) electrons. The predicted octanol–water partition coefficient (Wildman–Crippen LogP) is 1.97. The summed E-state index contributed by atoms with van der Waals surface area (Å²) in [6, 6.07) is 6.89. The van der Waals surface area contributed by atoms with Gasteiger partial charge in [0, 0.05) is 11.1 Å². The summed E-state index contributed by atoms with van der Waals surface area (Å²) in [4.78, 5) is 10.2.